The first kappa shape index (κ1) is 25.9. The second kappa shape index (κ2) is 11.2. The minimum atomic E-state index is -0.493. The summed E-state index contributed by atoms with van der Waals surface area (Å²) >= 11 is 7.81. The van der Waals surface area contributed by atoms with Gasteiger partial charge >= 0.3 is 0 Å². The highest BCUT2D eigenvalue weighted by molar-refractivity contribution is 8.16. The van der Waals surface area contributed by atoms with Crippen molar-refractivity contribution in [1.82, 2.24) is 10.2 Å². The smallest absolute Gasteiger partial charge is 0.255 e. The van der Waals surface area contributed by atoms with Gasteiger partial charge in [0, 0.05) is 22.4 Å². The molecule has 0 unspecified atom stereocenters. The number of amides is 2. The summed E-state index contributed by atoms with van der Waals surface area (Å²) in [4.78, 5) is 33.1. The average Bonchev–Trinajstić information content (AvgIpc) is 3.24. The maximum atomic E-state index is 13.7. The summed E-state index contributed by atoms with van der Waals surface area (Å²) in [5, 5.41) is 9.24. The number of methoxy groups -OCH3 is 1. The molecular weight excluding hydrogens is 496 g/mol. The number of rotatable bonds is 8. The Morgan fingerprint density at radius 3 is 2.64 bits per heavy atom. The number of benzene rings is 2. The molecular formula is C27H29ClN4O3S. The highest BCUT2D eigenvalue weighted by Crippen LogP contribution is 2.45. The van der Waals surface area contributed by atoms with Crippen molar-refractivity contribution in [3.63, 3.8) is 0 Å². The lowest BCUT2D eigenvalue weighted by molar-refractivity contribution is -0.121. The van der Waals surface area contributed by atoms with Crippen molar-refractivity contribution in [1.29, 1.82) is 0 Å². The van der Waals surface area contributed by atoms with Crippen LogP contribution in [0.2, 0.25) is 5.02 Å². The Bertz CT molecular complexity index is 1260. The van der Waals surface area contributed by atoms with E-state index < -0.39 is 6.04 Å². The van der Waals surface area contributed by atoms with Crippen molar-refractivity contribution < 1.29 is 14.3 Å². The van der Waals surface area contributed by atoms with Crippen molar-refractivity contribution in [3.8, 4) is 5.75 Å². The molecule has 7 nitrogen and oxygen atoms in total. The van der Waals surface area contributed by atoms with E-state index in [1.165, 1.54) is 11.8 Å². The van der Waals surface area contributed by atoms with Crippen LogP contribution in [-0.2, 0) is 9.59 Å². The number of nitrogens with one attached hydrogen (secondary N) is 2. The first-order valence-corrected chi connectivity index (χ1v) is 13.0. The van der Waals surface area contributed by atoms with Gasteiger partial charge in [0.1, 0.15) is 5.75 Å². The molecule has 2 N–H and O–H groups in total. The molecule has 2 atom stereocenters. The fraction of sp³-hybridized carbons (Fsp3) is 0.296. The highest BCUT2D eigenvalue weighted by Gasteiger charge is 2.40. The van der Waals surface area contributed by atoms with Gasteiger partial charge in [0.05, 0.1) is 30.8 Å². The summed E-state index contributed by atoms with van der Waals surface area (Å²) in [5.74, 6) is 0.357. The minimum absolute atomic E-state index is 0.0715. The number of hydrogen-bond acceptors (Lipinski definition) is 6. The zero-order valence-electron chi connectivity index (χ0n) is 20.7. The lowest BCUT2D eigenvalue weighted by Crippen LogP contribution is -2.39. The van der Waals surface area contributed by atoms with Gasteiger partial charge in [-0.1, -0.05) is 42.4 Å². The van der Waals surface area contributed by atoms with Crippen molar-refractivity contribution in [3.05, 3.63) is 81.5 Å². The molecule has 2 aliphatic rings. The van der Waals surface area contributed by atoms with Crippen molar-refractivity contribution in [2.45, 2.75) is 45.7 Å². The third-order valence-electron chi connectivity index (χ3n) is 6.12. The molecule has 2 amide bonds. The van der Waals surface area contributed by atoms with Crippen molar-refractivity contribution in [2.75, 3.05) is 12.4 Å². The normalized spacial score (nSPS) is 17.7. The van der Waals surface area contributed by atoms with Crippen LogP contribution in [0.5, 0.6) is 5.75 Å². The number of amidine groups is 1. The average molecular weight is 525 g/mol. The van der Waals surface area contributed by atoms with Crippen LogP contribution in [0.15, 0.2) is 75.9 Å². The second-order valence-electron chi connectivity index (χ2n) is 8.68. The van der Waals surface area contributed by atoms with Gasteiger partial charge in [-0.3, -0.25) is 9.59 Å². The molecule has 36 heavy (non-hydrogen) atoms. The summed E-state index contributed by atoms with van der Waals surface area (Å²) in [7, 11) is 1.59. The monoisotopic (exact) mass is 524 g/mol. The summed E-state index contributed by atoms with van der Waals surface area (Å²) in [5.41, 5.74) is 3.37. The van der Waals surface area contributed by atoms with E-state index in [9.17, 15) is 9.59 Å². The maximum absolute atomic E-state index is 13.7. The van der Waals surface area contributed by atoms with Crippen LogP contribution in [0.1, 0.15) is 45.2 Å². The number of carbonyl (C=O) groups is 2. The Morgan fingerprint density at radius 2 is 1.97 bits per heavy atom. The van der Waals surface area contributed by atoms with Gasteiger partial charge in [-0.05, 0) is 67.6 Å². The molecule has 2 aliphatic heterocycles. The largest absolute Gasteiger partial charge is 0.497 e. The van der Waals surface area contributed by atoms with Gasteiger partial charge in [0.15, 0.2) is 5.17 Å². The van der Waals surface area contributed by atoms with Crippen molar-refractivity contribution in [2.24, 2.45) is 4.99 Å². The number of halogens is 1. The van der Waals surface area contributed by atoms with E-state index >= 15 is 0 Å². The van der Waals surface area contributed by atoms with E-state index in [1.807, 2.05) is 49.3 Å². The number of ether oxygens (including phenoxy) is 1. The van der Waals surface area contributed by atoms with E-state index in [2.05, 4.69) is 10.6 Å². The van der Waals surface area contributed by atoms with Crippen LogP contribution in [0, 0.1) is 0 Å². The van der Waals surface area contributed by atoms with Crippen LogP contribution in [0.3, 0.4) is 0 Å². The Morgan fingerprint density at radius 1 is 1.22 bits per heavy atom. The SMILES string of the molecule is CC[C@H](C)NC(=O)CC1=CSC2=NC(C)=C(C(=O)Nc3ccc(OC)cc3)[C@H](c3cccc(Cl)c3)N12. The van der Waals surface area contributed by atoms with Gasteiger partial charge in [0.25, 0.3) is 5.91 Å². The van der Waals surface area contributed by atoms with E-state index in [4.69, 9.17) is 21.3 Å². The predicted octanol–water partition coefficient (Wildman–Crippen LogP) is 5.87. The van der Waals surface area contributed by atoms with Crippen LogP contribution in [0.4, 0.5) is 5.69 Å². The molecule has 0 bridgehead atoms. The zero-order valence-corrected chi connectivity index (χ0v) is 22.2. The number of hydrogen-bond donors (Lipinski definition) is 2. The molecule has 2 aromatic carbocycles. The molecule has 0 aromatic heterocycles. The standard InChI is InChI=1S/C27H29ClN4O3S/c1-5-16(2)29-23(33)14-21-15-36-27-30-17(3)24(25(32(21)27)18-7-6-8-19(28)13-18)26(34)31-20-9-11-22(35-4)12-10-20/h6-13,15-16,25H,5,14H2,1-4H3,(H,29,33)(H,31,34)/t16-,25-/m0/s1. The van der Waals surface area contributed by atoms with Gasteiger partial charge in [-0.25, -0.2) is 4.99 Å². The van der Waals surface area contributed by atoms with Gasteiger partial charge in [0.2, 0.25) is 5.91 Å². The minimum Gasteiger partial charge on any atom is -0.497 e. The quantitative estimate of drug-likeness (QED) is 0.451. The summed E-state index contributed by atoms with van der Waals surface area (Å²) in [6, 6.07) is 14.2. The molecule has 9 heteroatoms. The molecule has 0 saturated carbocycles. The van der Waals surface area contributed by atoms with Crippen LogP contribution in [0.25, 0.3) is 0 Å². The fourth-order valence-electron chi connectivity index (χ4n) is 4.12. The van der Waals surface area contributed by atoms with Crippen molar-refractivity contribution >= 4 is 46.0 Å². The maximum Gasteiger partial charge on any atom is 0.255 e. The Balaban J connectivity index is 1.69. The lowest BCUT2D eigenvalue weighted by atomic mass is 9.93. The summed E-state index contributed by atoms with van der Waals surface area (Å²) in [6.45, 7) is 5.84. The first-order valence-electron chi connectivity index (χ1n) is 11.7. The molecule has 0 fully saturated rings. The van der Waals surface area contributed by atoms with E-state index in [-0.39, 0.29) is 24.3 Å². The third-order valence-corrected chi connectivity index (χ3v) is 7.24. The number of fused-ring (bicyclic) bond motifs is 1. The lowest BCUT2D eigenvalue weighted by Gasteiger charge is -2.36. The molecule has 2 aromatic rings. The summed E-state index contributed by atoms with van der Waals surface area (Å²) < 4.78 is 5.22. The topological polar surface area (TPSA) is 83.0 Å². The molecule has 2 heterocycles. The number of anilines is 1. The highest BCUT2D eigenvalue weighted by atomic mass is 35.5. The number of carbonyl (C=O) groups excluding carboxylic acids is 2. The van der Waals surface area contributed by atoms with E-state index in [0.717, 1.165) is 22.8 Å². The predicted molar refractivity (Wildman–Crippen MR) is 146 cm³/mol. The van der Waals surface area contributed by atoms with Gasteiger partial charge < -0.3 is 20.3 Å². The molecule has 0 saturated heterocycles. The number of allylic oxidation sites excluding steroid dienone is 1. The zero-order chi connectivity index (χ0) is 25.8. The first-order chi connectivity index (χ1) is 17.3. The van der Waals surface area contributed by atoms with Crippen LogP contribution >= 0.6 is 23.4 Å². The van der Waals surface area contributed by atoms with E-state index in [0.29, 0.717) is 27.7 Å². The second-order valence-corrected chi connectivity index (χ2v) is 9.96. The molecule has 188 valence electrons. The van der Waals surface area contributed by atoms with Crippen LogP contribution in [-0.4, -0.2) is 35.0 Å². The third kappa shape index (κ3) is 5.60. The number of aliphatic imine (C=N–C) groups is 1. The Hall–Kier alpha value is -3.23. The molecule has 0 radical (unpaired) electrons. The molecule has 0 aliphatic carbocycles. The van der Waals surface area contributed by atoms with Crippen LogP contribution < -0.4 is 15.4 Å². The summed E-state index contributed by atoms with van der Waals surface area (Å²) in [6.07, 6.45) is 1.03. The number of nitrogens with zero attached hydrogens (tertiary/aromatic N) is 2. The fourth-order valence-corrected chi connectivity index (χ4v) is 5.28. The Kier molecular flexibility index (Phi) is 8.06. The Labute approximate surface area is 220 Å². The van der Waals surface area contributed by atoms with Gasteiger partial charge in [-0.2, -0.15) is 0 Å². The molecule has 0 spiro atoms. The molecule has 4 rings (SSSR count). The number of thioether (sulfide) groups is 1. The van der Waals surface area contributed by atoms with E-state index in [1.54, 1.807) is 37.4 Å². The van der Waals surface area contributed by atoms with Gasteiger partial charge in [-0.15, -0.1) is 0 Å².